The fourth-order valence-corrected chi connectivity index (χ4v) is 0.461. The first-order valence-corrected chi connectivity index (χ1v) is 4.34. The SMILES string of the molecule is C=CC(=O)NCCCC.C=CC(=O)O.[H-].[H-].[Na+].[Na+]. The third-order valence-corrected chi connectivity index (χ3v) is 1.19. The van der Waals surface area contributed by atoms with Gasteiger partial charge in [-0.3, -0.25) is 4.79 Å². The van der Waals surface area contributed by atoms with Crippen LogP contribution in [0, 0.1) is 0 Å². The molecule has 16 heavy (non-hydrogen) atoms. The van der Waals surface area contributed by atoms with Crippen molar-refractivity contribution in [3.8, 4) is 0 Å². The molecule has 0 aliphatic rings. The fraction of sp³-hybridized carbons (Fsp3) is 0.400. The summed E-state index contributed by atoms with van der Waals surface area (Å²) in [6.07, 6.45) is 4.27. The number of amides is 1. The van der Waals surface area contributed by atoms with Crippen molar-refractivity contribution >= 4 is 11.9 Å². The van der Waals surface area contributed by atoms with Crippen molar-refractivity contribution in [2.45, 2.75) is 19.8 Å². The molecule has 0 radical (unpaired) electrons. The van der Waals surface area contributed by atoms with Crippen LogP contribution in [0.5, 0.6) is 0 Å². The maximum Gasteiger partial charge on any atom is 1.00 e. The Morgan fingerprint density at radius 3 is 2.00 bits per heavy atom. The van der Waals surface area contributed by atoms with E-state index in [1.54, 1.807) is 0 Å². The molecule has 0 fully saturated rings. The summed E-state index contributed by atoms with van der Waals surface area (Å²) in [5, 5.41) is 10.3. The van der Waals surface area contributed by atoms with Crippen LogP contribution >= 0.6 is 0 Å². The van der Waals surface area contributed by atoms with Crippen LogP contribution in [0.3, 0.4) is 0 Å². The van der Waals surface area contributed by atoms with Crippen molar-refractivity contribution in [1.82, 2.24) is 5.32 Å². The van der Waals surface area contributed by atoms with Crippen molar-refractivity contribution in [1.29, 1.82) is 0 Å². The standard InChI is InChI=1S/C7H13NO.C3H4O2.2Na.2H/c1-3-5-6-8-7(9)4-2;1-2-3(4)5;;;;/h4H,2-3,5-6H2,1H3,(H,8,9);2H,1H2,(H,4,5);;;;/q;;2*+1;2*-1. The van der Waals surface area contributed by atoms with Gasteiger partial charge in [-0.05, 0) is 12.5 Å². The number of rotatable bonds is 5. The summed E-state index contributed by atoms with van der Waals surface area (Å²) in [7, 11) is 0. The van der Waals surface area contributed by atoms with E-state index in [1.807, 2.05) is 0 Å². The number of hydrogen-bond acceptors (Lipinski definition) is 2. The van der Waals surface area contributed by atoms with Gasteiger partial charge in [0.1, 0.15) is 0 Å². The number of carbonyl (C=O) groups excluding carboxylic acids is 1. The molecule has 0 aromatic rings. The fourth-order valence-electron chi connectivity index (χ4n) is 0.461. The van der Waals surface area contributed by atoms with E-state index in [9.17, 15) is 9.59 Å². The van der Waals surface area contributed by atoms with E-state index in [0.717, 1.165) is 25.5 Å². The molecule has 0 unspecified atom stereocenters. The van der Waals surface area contributed by atoms with Gasteiger partial charge in [0.05, 0.1) is 0 Å². The maximum atomic E-state index is 10.5. The quantitative estimate of drug-likeness (QED) is 0.293. The zero-order chi connectivity index (χ0) is 11.4. The van der Waals surface area contributed by atoms with Crippen LogP contribution in [-0.4, -0.2) is 23.5 Å². The third-order valence-electron chi connectivity index (χ3n) is 1.19. The van der Waals surface area contributed by atoms with E-state index in [4.69, 9.17) is 5.11 Å². The number of carboxylic acid groups (broad SMARTS) is 1. The van der Waals surface area contributed by atoms with Crippen LogP contribution < -0.4 is 64.4 Å². The summed E-state index contributed by atoms with van der Waals surface area (Å²) in [6.45, 7) is 9.14. The number of carbonyl (C=O) groups is 2. The van der Waals surface area contributed by atoms with Gasteiger partial charge >= 0.3 is 65.1 Å². The minimum atomic E-state index is -0.981. The van der Waals surface area contributed by atoms with Gasteiger partial charge in [0.2, 0.25) is 5.91 Å². The predicted octanol–water partition coefficient (Wildman–Crippen LogP) is -4.42. The zero-order valence-electron chi connectivity index (χ0n) is 12.5. The molecule has 2 N–H and O–H groups in total. The first kappa shape index (κ1) is 25.3. The van der Waals surface area contributed by atoms with E-state index < -0.39 is 5.97 Å². The Balaban J connectivity index is -0.0000000359. The molecule has 0 bridgehead atoms. The summed E-state index contributed by atoms with van der Waals surface area (Å²) in [4.78, 5) is 19.7. The summed E-state index contributed by atoms with van der Waals surface area (Å²) >= 11 is 0. The van der Waals surface area contributed by atoms with Crippen LogP contribution in [0.1, 0.15) is 22.6 Å². The smallest absolute Gasteiger partial charge is 1.00 e. The Morgan fingerprint density at radius 1 is 1.31 bits per heavy atom. The van der Waals surface area contributed by atoms with E-state index in [0.29, 0.717) is 0 Å². The molecular weight excluding hydrogens is 228 g/mol. The zero-order valence-corrected chi connectivity index (χ0v) is 14.5. The normalized spacial score (nSPS) is 6.81. The van der Waals surface area contributed by atoms with E-state index in [1.165, 1.54) is 6.08 Å². The molecule has 0 aliphatic carbocycles. The molecule has 0 saturated heterocycles. The molecule has 0 atom stereocenters. The van der Waals surface area contributed by atoms with E-state index in [2.05, 4.69) is 25.4 Å². The van der Waals surface area contributed by atoms with Crippen molar-refractivity contribution < 1.29 is 76.7 Å². The molecule has 0 saturated carbocycles. The monoisotopic (exact) mass is 247 g/mol. The van der Waals surface area contributed by atoms with Crippen LogP contribution in [-0.2, 0) is 9.59 Å². The minimum Gasteiger partial charge on any atom is -1.00 e. The van der Waals surface area contributed by atoms with Crippen molar-refractivity contribution in [2.24, 2.45) is 0 Å². The number of nitrogens with one attached hydrogen (secondary N) is 1. The molecule has 0 aromatic heterocycles. The maximum absolute atomic E-state index is 10.5. The molecule has 0 rings (SSSR count). The van der Waals surface area contributed by atoms with Crippen LogP contribution in [0.4, 0.5) is 0 Å². The minimum absolute atomic E-state index is 0. The largest absolute Gasteiger partial charge is 1.00 e. The predicted molar refractivity (Wildman–Crippen MR) is 58.2 cm³/mol. The summed E-state index contributed by atoms with van der Waals surface area (Å²) in [5.41, 5.74) is 0. The second-order valence-electron chi connectivity index (χ2n) is 2.39. The van der Waals surface area contributed by atoms with Gasteiger partial charge in [0, 0.05) is 12.6 Å². The van der Waals surface area contributed by atoms with Crippen LogP contribution in [0.2, 0.25) is 0 Å². The Bertz CT molecular complexity index is 217. The van der Waals surface area contributed by atoms with Gasteiger partial charge in [-0.2, -0.15) is 0 Å². The number of carboxylic acids is 1. The topological polar surface area (TPSA) is 66.4 Å². The number of unbranched alkanes of at least 4 members (excludes halogenated alkanes) is 1. The van der Waals surface area contributed by atoms with Gasteiger partial charge in [-0.1, -0.05) is 26.5 Å². The molecule has 4 nitrogen and oxygen atoms in total. The number of hydrogen-bond donors (Lipinski definition) is 2. The molecule has 1 amide bonds. The van der Waals surface area contributed by atoms with Crippen LogP contribution in [0.15, 0.2) is 25.3 Å². The molecule has 0 aromatic carbocycles. The summed E-state index contributed by atoms with van der Waals surface area (Å²) in [5.74, 6) is -1.06. The number of aliphatic carboxylic acids is 1. The summed E-state index contributed by atoms with van der Waals surface area (Å²) in [6, 6.07) is 0. The Morgan fingerprint density at radius 2 is 1.75 bits per heavy atom. The van der Waals surface area contributed by atoms with Crippen molar-refractivity contribution in [3.63, 3.8) is 0 Å². The van der Waals surface area contributed by atoms with Gasteiger partial charge in [-0.15, -0.1) is 0 Å². The molecule has 84 valence electrons. The Kier molecular flexibility index (Phi) is 32.9. The van der Waals surface area contributed by atoms with Gasteiger partial charge < -0.3 is 13.3 Å². The molecule has 0 spiro atoms. The van der Waals surface area contributed by atoms with E-state index in [-0.39, 0.29) is 67.9 Å². The van der Waals surface area contributed by atoms with Crippen molar-refractivity contribution in [2.75, 3.05) is 6.54 Å². The Labute approximate surface area is 144 Å². The molecule has 6 heteroatoms. The molecular formula is C10H19NNa2O3. The van der Waals surface area contributed by atoms with Crippen molar-refractivity contribution in [3.05, 3.63) is 25.3 Å². The first-order valence-electron chi connectivity index (χ1n) is 4.34. The second kappa shape index (κ2) is 20.8. The van der Waals surface area contributed by atoms with E-state index >= 15 is 0 Å². The molecule has 0 heterocycles. The molecule has 0 aliphatic heterocycles. The third kappa shape index (κ3) is 29.3. The van der Waals surface area contributed by atoms with Gasteiger partial charge in [-0.25, -0.2) is 4.79 Å². The van der Waals surface area contributed by atoms with Gasteiger partial charge in [0.15, 0.2) is 0 Å². The average Bonchev–Trinajstić information content (AvgIpc) is 2.19. The average molecular weight is 247 g/mol. The first-order chi connectivity index (χ1) is 6.58. The second-order valence-corrected chi connectivity index (χ2v) is 2.39. The summed E-state index contributed by atoms with van der Waals surface area (Å²) < 4.78 is 0. The van der Waals surface area contributed by atoms with Gasteiger partial charge in [0.25, 0.3) is 0 Å². The Hall–Kier alpha value is 0.420. The van der Waals surface area contributed by atoms with Crippen LogP contribution in [0.25, 0.3) is 0 Å².